The highest BCUT2D eigenvalue weighted by molar-refractivity contribution is 5.73. The minimum Gasteiger partial charge on any atom is -0.480 e. The molecule has 0 spiro atoms. The lowest BCUT2D eigenvalue weighted by Crippen LogP contribution is -2.46. The van der Waals surface area contributed by atoms with E-state index in [-0.39, 0.29) is 12.0 Å². The SMILES string of the molecule is C#CC(CCC)NC(C(=O)O)C(C)C. The predicted molar refractivity (Wildman–Crippen MR) is 56.9 cm³/mol. The van der Waals surface area contributed by atoms with Crippen LogP contribution in [0.15, 0.2) is 0 Å². The summed E-state index contributed by atoms with van der Waals surface area (Å²) in [5.74, 6) is 1.77. The third-order valence-electron chi connectivity index (χ3n) is 2.09. The number of aliphatic carboxylic acids is 1. The van der Waals surface area contributed by atoms with Crippen molar-refractivity contribution in [3.63, 3.8) is 0 Å². The second-order valence-corrected chi connectivity index (χ2v) is 3.73. The van der Waals surface area contributed by atoms with Crippen molar-refractivity contribution in [3.05, 3.63) is 0 Å². The maximum Gasteiger partial charge on any atom is 0.320 e. The highest BCUT2D eigenvalue weighted by Crippen LogP contribution is 2.05. The minimum atomic E-state index is -0.837. The van der Waals surface area contributed by atoms with Gasteiger partial charge in [0, 0.05) is 0 Å². The lowest BCUT2D eigenvalue weighted by Gasteiger charge is -2.21. The van der Waals surface area contributed by atoms with Gasteiger partial charge in [-0.15, -0.1) is 6.42 Å². The van der Waals surface area contributed by atoms with Crippen molar-refractivity contribution < 1.29 is 9.90 Å². The number of nitrogens with one attached hydrogen (secondary N) is 1. The third kappa shape index (κ3) is 4.29. The van der Waals surface area contributed by atoms with E-state index < -0.39 is 12.0 Å². The molecular weight excluding hydrogens is 178 g/mol. The largest absolute Gasteiger partial charge is 0.480 e. The Bertz CT molecular complexity index is 218. The van der Waals surface area contributed by atoms with E-state index in [9.17, 15) is 4.79 Å². The summed E-state index contributed by atoms with van der Waals surface area (Å²) in [5, 5.41) is 11.9. The summed E-state index contributed by atoms with van der Waals surface area (Å²) < 4.78 is 0. The molecule has 0 aromatic rings. The monoisotopic (exact) mass is 197 g/mol. The van der Waals surface area contributed by atoms with E-state index >= 15 is 0 Å². The summed E-state index contributed by atoms with van der Waals surface area (Å²) in [5.41, 5.74) is 0. The van der Waals surface area contributed by atoms with Gasteiger partial charge in [0.1, 0.15) is 6.04 Å². The van der Waals surface area contributed by atoms with Crippen molar-refractivity contribution in [2.45, 2.75) is 45.7 Å². The molecule has 0 rings (SSSR count). The quantitative estimate of drug-likeness (QED) is 0.634. The maximum absolute atomic E-state index is 10.9. The fraction of sp³-hybridized carbons (Fsp3) is 0.727. The van der Waals surface area contributed by atoms with Gasteiger partial charge in [0.2, 0.25) is 0 Å². The van der Waals surface area contributed by atoms with Crippen molar-refractivity contribution in [2.75, 3.05) is 0 Å². The van der Waals surface area contributed by atoms with Crippen LogP contribution in [0, 0.1) is 18.3 Å². The molecule has 0 amide bonds. The molecule has 0 saturated carbocycles. The molecule has 0 radical (unpaired) electrons. The molecule has 0 aliphatic heterocycles. The van der Waals surface area contributed by atoms with E-state index in [2.05, 4.69) is 11.2 Å². The average molecular weight is 197 g/mol. The van der Waals surface area contributed by atoms with Gasteiger partial charge in [-0.25, -0.2) is 0 Å². The Labute approximate surface area is 85.9 Å². The second kappa shape index (κ2) is 6.44. The highest BCUT2D eigenvalue weighted by atomic mass is 16.4. The lowest BCUT2D eigenvalue weighted by molar-refractivity contribution is -0.140. The molecule has 80 valence electrons. The molecule has 0 aliphatic carbocycles. The first-order valence-corrected chi connectivity index (χ1v) is 4.97. The minimum absolute atomic E-state index is 0.0419. The van der Waals surface area contributed by atoms with Crippen molar-refractivity contribution in [1.82, 2.24) is 5.32 Å². The maximum atomic E-state index is 10.9. The molecular formula is C11H19NO2. The van der Waals surface area contributed by atoms with Gasteiger partial charge in [0.15, 0.2) is 0 Å². The van der Waals surface area contributed by atoms with Crippen molar-refractivity contribution in [1.29, 1.82) is 0 Å². The van der Waals surface area contributed by atoms with Crippen LogP contribution in [-0.2, 0) is 4.79 Å². The van der Waals surface area contributed by atoms with Gasteiger partial charge in [-0.05, 0) is 12.3 Å². The Balaban J connectivity index is 4.28. The van der Waals surface area contributed by atoms with Crippen LogP contribution in [0.25, 0.3) is 0 Å². The van der Waals surface area contributed by atoms with E-state index in [0.29, 0.717) is 0 Å². The van der Waals surface area contributed by atoms with Gasteiger partial charge in [0.25, 0.3) is 0 Å². The van der Waals surface area contributed by atoms with E-state index in [4.69, 9.17) is 11.5 Å². The number of rotatable bonds is 6. The summed E-state index contributed by atoms with van der Waals surface area (Å²) in [6.07, 6.45) is 7.07. The number of carbonyl (C=O) groups is 1. The summed E-state index contributed by atoms with van der Waals surface area (Å²) in [6, 6.07) is -0.689. The average Bonchev–Trinajstić information content (AvgIpc) is 2.10. The summed E-state index contributed by atoms with van der Waals surface area (Å²) in [7, 11) is 0. The van der Waals surface area contributed by atoms with E-state index in [1.54, 1.807) is 0 Å². The number of terminal acetylenes is 1. The molecule has 0 saturated heterocycles. The molecule has 0 aromatic heterocycles. The van der Waals surface area contributed by atoms with Crippen LogP contribution in [0.2, 0.25) is 0 Å². The highest BCUT2D eigenvalue weighted by Gasteiger charge is 2.23. The van der Waals surface area contributed by atoms with Crippen molar-refractivity contribution in [2.24, 2.45) is 5.92 Å². The van der Waals surface area contributed by atoms with Gasteiger partial charge in [-0.2, -0.15) is 0 Å². The van der Waals surface area contributed by atoms with Crippen LogP contribution in [0.4, 0.5) is 0 Å². The molecule has 2 atom stereocenters. The first kappa shape index (κ1) is 13.0. The first-order valence-electron chi connectivity index (χ1n) is 4.97. The fourth-order valence-electron chi connectivity index (χ4n) is 1.27. The standard InChI is InChI=1S/C11H19NO2/c1-5-7-9(6-2)12-10(8(3)4)11(13)14/h2,8-10,12H,5,7H2,1,3-4H3,(H,13,14). The lowest BCUT2D eigenvalue weighted by atomic mass is 10.0. The van der Waals surface area contributed by atoms with Gasteiger partial charge < -0.3 is 5.11 Å². The second-order valence-electron chi connectivity index (χ2n) is 3.73. The zero-order chi connectivity index (χ0) is 11.1. The van der Waals surface area contributed by atoms with E-state index in [0.717, 1.165) is 12.8 Å². The molecule has 14 heavy (non-hydrogen) atoms. The Morgan fingerprint density at radius 2 is 2.14 bits per heavy atom. The predicted octanol–water partition coefficient (Wildman–Crippen LogP) is 1.49. The Kier molecular flexibility index (Phi) is 5.98. The molecule has 3 nitrogen and oxygen atoms in total. The fourth-order valence-corrected chi connectivity index (χ4v) is 1.27. The van der Waals surface area contributed by atoms with Crippen LogP contribution in [0.5, 0.6) is 0 Å². The van der Waals surface area contributed by atoms with Crippen LogP contribution in [-0.4, -0.2) is 23.2 Å². The van der Waals surface area contributed by atoms with E-state index in [1.165, 1.54) is 0 Å². The van der Waals surface area contributed by atoms with Gasteiger partial charge in [-0.3, -0.25) is 10.1 Å². The molecule has 3 heteroatoms. The van der Waals surface area contributed by atoms with Crippen LogP contribution in [0.3, 0.4) is 0 Å². The Morgan fingerprint density at radius 1 is 1.57 bits per heavy atom. The van der Waals surface area contributed by atoms with Gasteiger partial charge >= 0.3 is 5.97 Å². The molecule has 0 aliphatic rings. The molecule has 0 fully saturated rings. The zero-order valence-electron chi connectivity index (χ0n) is 9.08. The van der Waals surface area contributed by atoms with Gasteiger partial charge in [0.05, 0.1) is 6.04 Å². The summed E-state index contributed by atoms with van der Waals surface area (Å²) in [4.78, 5) is 10.9. The van der Waals surface area contributed by atoms with Crippen LogP contribution in [0.1, 0.15) is 33.6 Å². The number of hydrogen-bond donors (Lipinski definition) is 2. The number of hydrogen-bond acceptors (Lipinski definition) is 2. The normalized spacial score (nSPS) is 14.8. The van der Waals surface area contributed by atoms with Gasteiger partial charge in [-0.1, -0.05) is 33.1 Å². The molecule has 2 unspecified atom stereocenters. The Morgan fingerprint density at radius 3 is 2.43 bits per heavy atom. The first-order chi connectivity index (χ1) is 6.52. The van der Waals surface area contributed by atoms with Crippen molar-refractivity contribution >= 4 is 5.97 Å². The van der Waals surface area contributed by atoms with Crippen molar-refractivity contribution in [3.8, 4) is 12.3 Å². The smallest absolute Gasteiger partial charge is 0.320 e. The summed E-state index contributed by atoms with van der Waals surface area (Å²) in [6.45, 7) is 5.76. The van der Waals surface area contributed by atoms with Crippen LogP contribution >= 0.6 is 0 Å². The van der Waals surface area contributed by atoms with Crippen LogP contribution < -0.4 is 5.32 Å². The molecule has 0 heterocycles. The number of carboxylic acid groups (broad SMARTS) is 1. The van der Waals surface area contributed by atoms with E-state index in [1.807, 2.05) is 20.8 Å². The number of carboxylic acids is 1. The topological polar surface area (TPSA) is 49.3 Å². The molecule has 0 bridgehead atoms. The molecule has 0 aromatic carbocycles. The third-order valence-corrected chi connectivity index (χ3v) is 2.09. The molecule has 2 N–H and O–H groups in total. The summed E-state index contributed by atoms with van der Waals surface area (Å²) >= 11 is 0. The zero-order valence-corrected chi connectivity index (χ0v) is 9.08. The Hall–Kier alpha value is -1.01.